The predicted molar refractivity (Wildman–Crippen MR) is 49.0 cm³/mol. The minimum absolute atomic E-state index is 0.887. The van der Waals surface area contributed by atoms with Gasteiger partial charge in [-0.15, -0.1) is 0 Å². The first-order valence-electron chi connectivity index (χ1n) is 4.11. The molecule has 2 aromatic heterocycles. The van der Waals surface area contributed by atoms with Crippen molar-refractivity contribution in [2.75, 3.05) is 0 Å². The van der Waals surface area contributed by atoms with E-state index in [9.17, 15) is 0 Å². The highest BCUT2D eigenvalue weighted by atomic mass is 15.0. The summed E-state index contributed by atoms with van der Waals surface area (Å²) >= 11 is 0. The average molecular weight is 163 g/mol. The van der Waals surface area contributed by atoms with Gasteiger partial charge in [0.25, 0.3) is 0 Å². The van der Waals surface area contributed by atoms with E-state index in [0.29, 0.717) is 0 Å². The fourth-order valence-corrected chi connectivity index (χ4v) is 0.771. The van der Waals surface area contributed by atoms with Gasteiger partial charge in [-0.1, -0.05) is 20.3 Å². The van der Waals surface area contributed by atoms with Crippen LogP contribution in [0.4, 0.5) is 0 Å². The summed E-state index contributed by atoms with van der Waals surface area (Å²) in [6.45, 7) is 4.25. The van der Waals surface area contributed by atoms with Crippen molar-refractivity contribution in [3.05, 3.63) is 31.0 Å². The van der Waals surface area contributed by atoms with E-state index < -0.39 is 0 Å². The average Bonchev–Trinajstić information content (AvgIpc) is 2.52. The fraction of sp³-hybridized carbons (Fsp3) is 0.333. The second-order valence-corrected chi connectivity index (χ2v) is 2.48. The number of imidazole rings is 1. The Morgan fingerprint density at radius 1 is 1.25 bits per heavy atom. The maximum Gasteiger partial charge on any atom is 0.155 e. The molecule has 0 amide bonds. The molecule has 0 aliphatic rings. The molecule has 0 spiro atoms. The second-order valence-electron chi connectivity index (χ2n) is 2.48. The Labute approximate surface area is 72.1 Å². The van der Waals surface area contributed by atoms with Crippen LogP contribution in [0.15, 0.2) is 31.0 Å². The van der Waals surface area contributed by atoms with E-state index in [2.05, 4.69) is 23.8 Å². The summed E-state index contributed by atoms with van der Waals surface area (Å²) in [5, 5.41) is 0. The van der Waals surface area contributed by atoms with Crippen LogP contribution < -0.4 is 0 Å². The van der Waals surface area contributed by atoms with Crippen molar-refractivity contribution in [3.63, 3.8) is 0 Å². The van der Waals surface area contributed by atoms with E-state index in [4.69, 9.17) is 0 Å². The molecule has 0 radical (unpaired) electrons. The molecule has 0 atom stereocenters. The summed E-state index contributed by atoms with van der Waals surface area (Å²) in [5.74, 6) is 0. The lowest BCUT2D eigenvalue weighted by atomic mass is 10.6. The molecule has 2 rings (SSSR count). The van der Waals surface area contributed by atoms with Gasteiger partial charge >= 0.3 is 0 Å². The Hall–Kier alpha value is -1.38. The minimum Gasteiger partial charge on any atom is -0.304 e. The maximum absolute atomic E-state index is 4.02. The van der Waals surface area contributed by atoms with Gasteiger partial charge in [0, 0.05) is 24.8 Å². The first-order valence-corrected chi connectivity index (χ1v) is 4.11. The van der Waals surface area contributed by atoms with Crippen molar-refractivity contribution in [3.8, 4) is 0 Å². The first-order chi connectivity index (χ1) is 5.88. The summed E-state index contributed by atoms with van der Waals surface area (Å²) in [7, 11) is 0. The molecule has 0 aliphatic heterocycles. The number of hydrogen-bond acceptors (Lipinski definition) is 2. The van der Waals surface area contributed by atoms with Crippen molar-refractivity contribution >= 4 is 5.65 Å². The summed E-state index contributed by atoms with van der Waals surface area (Å²) in [4.78, 5) is 7.92. The summed E-state index contributed by atoms with van der Waals surface area (Å²) in [6.07, 6.45) is 10.2. The number of nitrogens with zero attached hydrogens (tertiary/aromatic N) is 3. The van der Waals surface area contributed by atoms with Gasteiger partial charge in [0.1, 0.15) is 0 Å². The summed E-state index contributed by atoms with van der Waals surface area (Å²) in [5.41, 5.74) is 0.887. The predicted octanol–water partition coefficient (Wildman–Crippen LogP) is 2.15. The molecule has 0 N–H and O–H groups in total. The second kappa shape index (κ2) is 4.49. The van der Waals surface area contributed by atoms with Gasteiger partial charge in [-0.05, 0) is 0 Å². The van der Waals surface area contributed by atoms with Gasteiger partial charge in [0.2, 0.25) is 0 Å². The molecule has 3 heteroatoms. The Morgan fingerprint density at radius 2 is 1.92 bits per heavy atom. The van der Waals surface area contributed by atoms with Crippen LogP contribution >= 0.6 is 0 Å². The maximum atomic E-state index is 4.02. The van der Waals surface area contributed by atoms with Crippen LogP contribution in [0.3, 0.4) is 0 Å². The normalized spacial score (nSPS) is 9.17. The van der Waals surface area contributed by atoms with Crippen molar-refractivity contribution in [1.82, 2.24) is 14.4 Å². The molecule has 0 bridgehead atoms. The van der Waals surface area contributed by atoms with Crippen LogP contribution in [0.25, 0.3) is 5.65 Å². The SMILES string of the molecule is CCC.c1cn2ccnc2cn1. The van der Waals surface area contributed by atoms with E-state index in [1.54, 1.807) is 18.6 Å². The highest BCUT2D eigenvalue weighted by molar-refractivity contribution is 5.33. The first kappa shape index (κ1) is 8.71. The molecular weight excluding hydrogens is 150 g/mol. The molecule has 0 fully saturated rings. The van der Waals surface area contributed by atoms with E-state index in [1.807, 2.05) is 16.8 Å². The quantitative estimate of drug-likeness (QED) is 0.595. The zero-order chi connectivity index (χ0) is 8.81. The molecule has 0 saturated heterocycles. The van der Waals surface area contributed by atoms with Crippen LogP contribution in [-0.2, 0) is 0 Å². The van der Waals surface area contributed by atoms with Gasteiger partial charge < -0.3 is 4.40 Å². The summed E-state index contributed by atoms with van der Waals surface area (Å²) in [6, 6.07) is 0. The zero-order valence-electron chi connectivity index (χ0n) is 7.44. The fourth-order valence-electron chi connectivity index (χ4n) is 0.771. The van der Waals surface area contributed by atoms with Crippen molar-refractivity contribution in [2.24, 2.45) is 0 Å². The summed E-state index contributed by atoms with van der Waals surface area (Å²) < 4.78 is 1.91. The molecule has 2 aromatic rings. The Morgan fingerprint density at radius 3 is 2.58 bits per heavy atom. The number of fused-ring (bicyclic) bond motifs is 1. The molecular formula is C9H13N3. The molecule has 0 saturated carbocycles. The molecule has 0 unspecified atom stereocenters. The van der Waals surface area contributed by atoms with Gasteiger partial charge in [-0.2, -0.15) is 0 Å². The zero-order valence-corrected chi connectivity index (χ0v) is 7.44. The smallest absolute Gasteiger partial charge is 0.155 e. The highest BCUT2D eigenvalue weighted by Crippen LogP contribution is 1.93. The van der Waals surface area contributed by atoms with Crippen molar-refractivity contribution in [1.29, 1.82) is 0 Å². The topological polar surface area (TPSA) is 30.2 Å². The Kier molecular flexibility index (Phi) is 3.26. The van der Waals surface area contributed by atoms with Crippen LogP contribution in [0.1, 0.15) is 20.3 Å². The van der Waals surface area contributed by atoms with Gasteiger partial charge in [-0.25, -0.2) is 4.98 Å². The standard InChI is InChI=1S/C6H5N3.C3H8/c1-3-9-4-2-8-6(9)5-7-1;1-3-2/h1-5H;3H2,1-2H3. The lowest BCUT2D eigenvalue weighted by Gasteiger charge is -1.86. The largest absolute Gasteiger partial charge is 0.304 e. The van der Waals surface area contributed by atoms with E-state index in [1.165, 1.54) is 6.42 Å². The van der Waals surface area contributed by atoms with Crippen LogP contribution in [-0.4, -0.2) is 14.4 Å². The lowest BCUT2D eigenvalue weighted by molar-refractivity contribution is 1.09. The molecule has 64 valence electrons. The molecule has 0 aromatic carbocycles. The third-order valence-corrected chi connectivity index (χ3v) is 1.20. The van der Waals surface area contributed by atoms with Crippen LogP contribution in [0, 0.1) is 0 Å². The minimum atomic E-state index is 0.887. The lowest BCUT2D eigenvalue weighted by Crippen LogP contribution is -1.81. The highest BCUT2D eigenvalue weighted by Gasteiger charge is 1.86. The van der Waals surface area contributed by atoms with Gasteiger partial charge in [0.15, 0.2) is 5.65 Å². The number of hydrogen-bond donors (Lipinski definition) is 0. The van der Waals surface area contributed by atoms with E-state index in [-0.39, 0.29) is 0 Å². The van der Waals surface area contributed by atoms with Crippen LogP contribution in [0.2, 0.25) is 0 Å². The van der Waals surface area contributed by atoms with Crippen LogP contribution in [0.5, 0.6) is 0 Å². The molecule has 2 heterocycles. The van der Waals surface area contributed by atoms with Crippen molar-refractivity contribution in [2.45, 2.75) is 20.3 Å². The van der Waals surface area contributed by atoms with E-state index in [0.717, 1.165) is 5.65 Å². The molecule has 12 heavy (non-hydrogen) atoms. The third kappa shape index (κ3) is 2.05. The molecule has 0 aliphatic carbocycles. The number of aromatic nitrogens is 3. The van der Waals surface area contributed by atoms with Gasteiger partial charge in [0.05, 0.1) is 6.20 Å². The Bertz CT molecular complexity index is 297. The van der Waals surface area contributed by atoms with Crippen molar-refractivity contribution < 1.29 is 0 Å². The molecule has 3 nitrogen and oxygen atoms in total. The monoisotopic (exact) mass is 163 g/mol. The third-order valence-electron chi connectivity index (χ3n) is 1.20. The Balaban J connectivity index is 0.000000213. The van der Waals surface area contributed by atoms with Gasteiger partial charge in [-0.3, -0.25) is 4.98 Å². The number of rotatable bonds is 0. The van der Waals surface area contributed by atoms with E-state index >= 15 is 0 Å².